The zero-order chi connectivity index (χ0) is 13.3. The number of aryl methyl sites for hydroxylation is 1. The van der Waals surface area contributed by atoms with Gasteiger partial charge < -0.3 is 15.7 Å². The second-order valence-corrected chi connectivity index (χ2v) is 5.06. The molecule has 0 saturated heterocycles. The molecule has 4 heteroatoms. The summed E-state index contributed by atoms with van der Waals surface area (Å²) in [6.07, 6.45) is 2.30. The highest BCUT2D eigenvalue weighted by molar-refractivity contribution is 5.94. The van der Waals surface area contributed by atoms with Crippen LogP contribution < -0.4 is 5.73 Å². The number of carbonyl (C=O) groups is 1. The van der Waals surface area contributed by atoms with E-state index in [4.69, 9.17) is 5.73 Å². The Balaban J connectivity index is 2.16. The maximum absolute atomic E-state index is 12.3. The average molecular weight is 248 g/mol. The van der Waals surface area contributed by atoms with Gasteiger partial charge in [-0.2, -0.15) is 0 Å². The van der Waals surface area contributed by atoms with Crippen molar-refractivity contribution >= 4 is 5.91 Å². The Labute approximate surface area is 107 Å². The zero-order valence-electron chi connectivity index (χ0n) is 10.9. The van der Waals surface area contributed by atoms with Gasteiger partial charge in [-0.25, -0.2) is 0 Å². The number of phenolic OH excluding ortho intramolecular Hbond substituents is 1. The fraction of sp³-hybridized carbons (Fsp3) is 0.500. The fourth-order valence-corrected chi connectivity index (χ4v) is 2.24. The number of nitrogens with two attached hydrogens (primary N) is 1. The minimum atomic E-state index is -0.0762. The number of nitrogens with zero attached hydrogens (tertiary/aromatic N) is 1. The molecule has 0 heterocycles. The fourth-order valence-electron chi connectivity index (χ4n) is 2.24. The van der Waals surface area contributed by atoms with E-state index in [1.165, 1.54) is 6.07 Å². The third-order valence-corrected chi connectivity index (χ3v) is 3.68. The standard InChI is InChI=1S/C14H20N2O2/c1-9-3-4-11(7-13(9)17)14(18)16(2)12(8-15)10-5-6-10/h3-4,7,10,12,17H,5-6,8,15H2,1-2H3. The Kier molecular flexibility index (Phi) is 3.57. The Hall–Kier alpha value is -1.55. The van der Waals surface area contributed by atoms with Crippen molar-refractivity contribution in [3.63, 3.8) is 0 Å². The summed E-state index contributed by atoms with van der Waals surface area (Å²) >= 11 is 0. The van der Waals surface area contributed by atoms with Crippen LogP contribution in [0.2, 0.25) is 0 Å². The summed E-state index contributed by atoms with van der Waals surface area (Å²) < 4.78 is 0. The van der Waals surface area contributed by atoms with Gasteiger partial charge in [0, 0.05) is 25.2 Å². The van der Waals surface area contributed by atoms with E-state index in [9.17, 15) is 9.90 Å². The Morgan fingerprint density at radius 1 is 1.56 bits per heavy atom. The number of aromatic hydroxyl groups is 1. The van der Waals surface area contributed by atoms with Gasteiger partial charge in [-0.1, -0.05) is 6.07 Å². The molecule has 0 bridgehead atoms. The van der Waals surface area contributed by atoms with Crippen LogP contribution in [0, 0.1) is 12.8 Å². The van der Waals surface area contributed by atoms with Crippen molar-refractivity contribution in [2.75, 3.05) is 13.6 Å². The molecule has 1 unspecified atom stereocenters. The SMILES string of the molecule is Cc1ccc(C(=O)N(C)C(CN)C2CC2)cc1O. The molecule has 1 amide bonds. The van der Waals surface area contributed by atoms with E-state index < -0.39 is 0 Å². The first-order valence-corrected chi connectivity index (χ1v) is 6.31. The van der Waals surface area contributed by atoms with Crippen LogP contribution in [-0.2, 0) is 0 Å². The van der Waals surface area contributed by atoms with Gasteiger partial charge >= 0.3 is 0 Å². The van der Waals surface area contributed by atoms with Gasteiger partial charge in [-0.15, -0.1) is 0 Å². The third-order valence-electron chi connectivity index (χ3n) is 3.68. The molecule has 98 valence electrons. The molecule has 0 aromatic heterocycles. The van der Waals surface area contributed by atoms with E-state index >= 15 is 0 Å². The average Bonchev–Trinajstić information content (AvgIpc) is 3.17. The van der Waals surface area contributed by atoms with Crippen LogP contribution >= 0.6 is 0 Å². The summed E-state index contributed by atoms with van der Waals surface area (Å²) in [5, 5.41) is 9.65. The van der Waals surface area contributed by atoms with Gasteiger partial charge in [0.25, 0.3) is 5.91 Å². The smallest absolute Gasteiger partial charge is 0.254 e. The molecule has 1 fully saturated rings. The minimum Gasteiger partial charge on any atom is -0.508 e. The summed E-state index contributed by atoms with van der Waals surface area (Å²) in [6.45, 7) is 2.30. The van der Waals surface area contributed by atoms with Crippen molar-refractivity contribution in [2.24, 2.45) is 11.7 Å². The van der Waals surface area contributed by atoms with Crippen LogP contribution in [0.3, 0.4) is 0 Å². The number of hydrogen-bond acceptors (Lipinski definition) is 3. The molecule has 1 aromatic carbocycles. The molecule has 1 aromatic rings. The highest BCUT2D eigenvalue weighted by atomic mass is 16.3. The highest BCUT2D eigenvalue weighted by Gasteiger charge is 2.35. The number of rotatable bonds is 4. The van der Waals surface area contributed by atoms with E-state index in [-0.39, 0.29) is 17.7 Å². The normalized spacial score (nSPS) is 16.4. The van der Waals surface area contributed by atoms with Gasteiger partial charge in [0.05, 0.1) is 0 Å². The van der Waals surface area contributed by atoms with E-state index in [0.717, 1.165) is 18.4 Å². The van der Waals surface area contributed by atoms with Crippen LogP contribution in [0.15, 0.2) is 18.2 Å². The maximum atomic E-state index is 12.3. The first kappa shape index (κ1) is 12.9. The van der Waals surface area contributed by atoms with Gasteiger partial charge in [-0.3, -0.25) is 4.79 Å². The summed E-state index contributed by atoms with van der Waals surface area (Å²) in [4.78, 5) is 14.0. The molecular weight excluding hydrogens is 228 g/mol. The summed E-state index contributed by atoms with van der Waals surface area (Å²) in [5.41, 5.74) is 7.03. The lowest BCUT2D eigenvalue weighted by atomic mass is 10.1. The second-order valence-electron chi connectivity index (χ2n) is 5.06. The molecule has 0 spiro atoms. The number of phenols is 1. The number of carbonyl (C=O) groups excluding carboxylic acids is 1. The van der Waals surface area contributed by atoms with E-state index in [1.54, 1.807) is 31.0 Å². The molecule has 0 radical (unpaired) electrons. The topological polar surface area (TPSA) is 66.6 Å². The molecule has 4 nitrogen and oxygen atoms in total. The lowest BCUT2D eigenvalue weighted by molar-refractivity contribution is 0.0718. The Morgan fingerprint density at radius 2 is 2.22 bits per heavy atom. The summed E-state index contributed by atoms with van der Waals surface area (Å²) in [6, 6.07) is 5.13. The predicted molar refractivity (Wildman–Crippen MR) is 70.5 cm³/mol. The number of hydrogen-bond donors (Lipinski definition) is 2. The molecular formula is C14H20N2O2. The molecule has 1 aliphatic carbocycles. The van der Waals surface area contributed by atoms with Crippen molar-refractivity contribution in [1.82, 2.24) is 4.90 Å². The largest absolute Gasteiger partial charge is 0.508 e. The summed E-state index contributed by atoms with van der Waals surface area (Å²) in [7, 11) is 1.79. The quantitative estimate of drug-likeness (QED) is 0.848. The highest BCUT2D eigenvalue weighted by Crippen LogP contribution is 2.35. The number of benzene rings is 1. The lowest BCUT2D eigenvalue weighted by Crippen LogP contribution is -2.43. The van der Waals surface area contributed by atoms with Gasteiger partial charge in [0.15, 0.2) is 0 Å². The van der Waals surface area contributed by atoms with E-state index in [0.29, 0.717) is 18.0 Å². The van der Waals surface area contributed by atoms with E-state index in [2.05, 4.69) is 0 Å². The second kappa shape index (κ2) is 4.98. The van der Waals surface area contributed by atoms with Crippen molar-refractivity contribution in [3.05, 3.63) is 29.3 Å². The maximum Gasteiger partial charge on any atom is 0.254 e. The van der Waals surface area contributed by atoms with Crippen LogP contribution in [0.5, 0.6) is 5.75 Å². The van der Waals surface area contributed by atoms with E-state index in [1.807, 2.05) is 0 Å². The molecule has 18 heavy (non-hydrogen) atoms. The monoisotopic (exact) mass is 248 g/mol. The third kappa shape index (κ3) is 2.48. The predicted octanol–water partition coefficient (Wildman–Crippen LogP) is 1.51. The molecule has 1 saturated carbocycles. The number of likely N-dealkylation sites (N-methyl/N-ethyl adjacent to an activating group) is 1. The van der Waals surface area contributed by atoms with Crippen molar-refractivity contribution < 1.29 is 9.90 Å². The van der Waals surface area contributed by atoms with Crippen LogP contribution in [0.1, 0.15) is 28.8 Å². The molecule has 3 N–H and O–H groups in total. The van der Waals surface area contributed by atoms with Gasteiger partial charge in [0.2, 0.25) is 0 Å². The summed E-state index contributed by atoms with van der Waals surface area (Å²) in [5.74, 6) is 0.626. The zero-order valence-corrected chi connectivity index (χ0v) is 10.9. The van der Waals surface area contributed by atoms with Crippen molar-refractivity contribution in [2.45, 2.75) is 25.8 Å². The molecule has 1 aliphatic rings. The van der Waals surface area contributed by atoms with Crippen LogP contribution in [0.25, 0.3) is 0 Å². The minimum absolute atomic E-state index is 0.0762. The molecule has 1 atom stereocenters. The van der Waals surface area contributed by atoms with Gasteiger partial charge in [-0.05, 0) is 43.4 Å². The Morgan fingerprint density at radius 3 is 2.72 bits per heavy atom. The lowest BCUT2D eigenvalue weighted by Gasteiger charge is -2.27. The van der Waals surface area contributed by atoms with Crippen molar-refractivity contribution in [1.29, 1.82) is 0 Å². The van der Waals surface area contributed by atoms with Gasteiger partial charge in [0.1, 0.15) is 5.75 Å². The number of amides is 1. The molecule has 0 aliphatic heterocycles. The van der Waals surface area contributed by atoms with Crippen LogP contribution in [0.4, 0.5) is 0 Å². The first-order valence-electron chi connectivity index (χ1n) is 6.31. The van der Waals surface area contributed by atoms with Crippen LogP contribution in [-0.4, -0.2) is 35.5 Å². The Bertz CT molecular complexity index is 455. The first-order chi connectivity index (χ1) is 8.54. The van der Waals surface area contributed by atoms with Crippen molar-refractivity contribution in [3.8, 4) is 5.75 Å². The molecule has 2 rings (SSSR count).